The number of aliphatic hydroxyl groups excluding tert-OH is 2. The molecule has 0 aliphatic heterocycles. The number of hydrogen-bond donors (Lipinski definition) is 3. The van der Waals surface area contributed by atoms with Crippen molar-refractivity contribution in [1.82, 2.24) is 5.32 Å². The summed E-state index contributed by atoms with van der Waals surface area (Å²) in [5, 5.41) is 23.6. The van der Waals surface area contributed by atoms with E-state index in [0.717, 1.165) is 109 Å². The topological polar surface area (TPSA) is 95.9 Å². The van der Waals surface area contributed by atoms with Gasteiger partial charge >= 0.3 is 5.97 Å². The molecule has 1 amide bonds. The molecule has 0 radical (unpaired) electrons. The first-order valence-electron chi connectivity index (χ1n) is 24.7. The smallest absolute Gasteiger partial charge is 0.306 e. The van der Waals surface area contributed by atoms with Crippen LogP contribution in [0.15, 0.2) is 72.9 Å². The minimum absolute atomic E-state index is 0.0519. The second-order valence-corrected chi connectivity index (χ2v) is 16.5. The Balaban J connectivity index is 4.62. The van der Waals surface area contributed by atoms with E-state index >= 15 is 0 Å². The quantitative estimate of drug-likeness (QED) is 0.0323. The van der Waals surface area contributed by atoms with Crippen LogP contribution in [0, 0.1) is 0 Å². The van der Waals surface area contributed by atoms with Crippen molar-refractivity contribution in [2.24, 2.45) is 0 Å². The van der Waals surface area contributed by atoms with Crippen molar-refractivity contribution in [1.29, 1.82) is 0 Å². The highest BCUT2D eigenvalue weighted by Gasteiger charge is 2.24. The standard InChI is InChI=1S/C53H93NO5/c1-4-7-10-13-16-19-21-23-24-25-26-27-28-29-31-34-37-40-43-46-53(58)59-49(44-41-38-35-33-30-22-20-17-14-11-8-5-2)47-52(57)54-50(48-55)51(56)45-42-39-36-32-18-15-12-9-6-3/h8,11,16-17,19-20,23-24,26-27,29,31,49-51,55-56H,4-7,9-10,12-15,18,21-22,25,28,30,32-48H2,1-3H3,(H,54,57)/b11-8+,19-16-,20-17+,24-23-,27-26-,31-29-. The van der Waals surface area contributed by atoms with Crippen molar-refractivity contribution in [3.8, 4) is 0 Å². The lowest BCUT2D eigenvalue weighted by atomic mass is 10.0. The van der Waals surface area contributed by atoms with Crippen LogP contribution in [0.3, 0.4) is 0 Å². The van der Waals surface area contributed by atoms with Crippen LogP contribution in [0.4, 0.5) is 0 Å². The fourth-order valence-corrected chi connectivity index (χ4v) is 7.04. The van der Waals surface area contributed by atoms with E-state index in [1.54, 1.807) is 0 Å². The number of ether oxygens (including phenoxy) is 1. The molecule has 0 aromatic carbocycles. The van der Waals surface area contributed by atoms with E-state index < -0.39 is 18.2 Å². The first-order chi connectivity index (χ1) is 29.0. The van der Waals surface area contributed by atoms with Crippen molar-refractivity contribution in [3.63, 3.8) is 0 Å². The number of nitrogens with one attached hydrogen (secondary N) is 1. The number of amides is 1. The molecule has 59 heavy (non-hydrogen) atoms. The zero-order valence-electron chi connectivity index (χ0n) is 38.6. The summed E-state index contributed by atoms with van der Waals surface area (Å²) in [6.45, 7) is 6.31. The lowest BCUT2D eigenvalue weighted by molar-refractivity contribution is -0.151. The number of rotatable bonds is 43. The molecule has 0 spiro atoms. The predicted molar refractivity (Wildman–Crippen MR) is 255 cm³/mol. The molecule has 6 nitrogen and oxygen atoms in total. The van der Waals surface area contributed by atoms with Crippen LogP contribution in [0.1, 0.15) is 226 Å². The van der Waals surface area contributed by atoms with Gasteiger partial charge in [-0.3, -0.25) is 9.59 Å². The minimum atomic E-state index is -0.798. The maximum absolute atomic E-state index is 13.1. The third-order valence-corrected chi connectivity index (χ3v) is 10.8. The first-order valence-corrected chi connectivity index (χ1v) is 24.7. The van der Waals surface area contributed by atoms with Gasteiger partial charge in [0, 0.05) is 6.42 Å². The summed E-state index contributed by atoms with van der Waals surface area (Å²) in [5.74, 6) is -0.530. The molecule has 0 saturated heterocycles. The van der Waals surface area contributed by atoms with E-state index in [1.807, 2.05) is 0 Å². The summed E-state index contributed by atoms with van der Waals surface area (Å²) in [6, 6.07) is -0.714. The molecule has 0 aliphatic carbocycles. The summed E-state index contributed by atoms with van der Waals surface area (Å²) in [7, 11) is 0. The number of carbonyl (C=O) groups excluding carboxylic acids is 2. The second-order valence-electron chi connectivity index (χ2n) is 16.5. The van der Waals surface area contributed by atoms with Crippen molar-refractivity contribution in [2.45, 2.75) is 244 Å². The molecule has 0 rings (SSSR count). The molecule has 3 unspecified atom stereocenters. The molecule has 0 bridgehead atoms. The molecule has 0 heterocycles. The normalized spacial score (nSPS) is 13.9. The van der Waals surface area contributed by atoms with Crippen LogP contribution >= 0.6 is 0 Å². The molecule has 0 aliphatic rings. The highest BCUT2D eigenvalue weighted by atomic mass is 16.5. The molecule has 340 valence electrons. The molecule has 0 fully saturated rings. The van der Waals surface area contributed by atoms with E-state index in [2.05, 4.69) is 99.0 Å². The fourth-order valence-electron chi connectivity index (χ4n) is 7.04. The van der Waals surface area contributed by atoms with Gasteiger partial charge in [0.15, 0.2) is 0 Å². The van der Waals surface area contributed by atoms with Crippen LogP contribution < -0.4 is 5.32 Å². The Morgan fingerprint density at radius 3 is 1.42 bits per heavy atom. The summed E-state index contributed by atoms with van der Waals surface area (Å²) >= 11 is 0. The van der Waals surface area contributed by atoms with Gasteiger partial charge in [0.25, 0.3) is 0 Å². The fraction of sp³-hybridized carbons (Fsp3) is 0.736. The molecule has 3 atom stereocenters. The van der Waals surface area contributed by atoms with Gasteiger partial charge in [-0.25, -0.2) is 0 Å². The monoisotopic (exact) mass is 824 g/mol. The van der Waals surface area contributed by atoms with Crippen LogP contribution in [0.2, 0.25) is 0 Å². The first kappa shape index (κ1) is 56.3. The van der Waals surface area contributed by atoms with Crippen molar-refractivity contribution >= 4 is 11.9 Å². The van der Waals surface area contributed by atoms with Gasteiger partial charge in [0.1, 0.15) is 6.10 Å². The van der Waals surface area contributed by atoms with E-state index in [9.17, 15) is 19.8 Å². The zero-order valence-corrected chi connectivity index (χ0v) is 38.6. The maximum atomic E-state index is 13.1. The highest BCUT2D eigenvalue weighted by molar-refractivity contribution is 5.77. The van der Waals surface area contributed by atoms with Crippen LogP contribution in [-0.4, -0.2) is 46.9 Å². The Morgan fingerprint density at radius 2 is 0.915 bits per heavy atom. The van der Waals surface area contributed by atoms with Gasteiger partial charge in [-0.2, -0.15) is 0 Å². The average molecular weight is 824 g/mol. The van der Waals surface area contributed by atoms with Crippen molar-refractivity contribution in [2.75, 3.05) is 6.61 Å². The van der Waals surface area contributed by atoms with Gasteiger partial charge in [-0.15, -0.1) is 0 Å². The van der Waals surface area contributed by atoms with Gasteiger partial charge in [-0.05, 0) is 96.3 Å². The second kappa shape index (κ2) is 46.4. The van der Waals surface area contributed by atoms with Gasteiger partial charge < -0.3 is 20.3 Å². The van der Waals surface area contributed by atoms with Crippen LogP contribution in [-0.2, 0) is 14.3 Å². The largest absolute Gasteiger partial charge is 0.462 e. The van der Waals surface area contributed by atoms with Crippen LogP contribution in [0.25, 0.3) is 0 Å². The summed E-state index contributed by atoms with van der Waals surface area (Å²) < 4.78 is 5.90. The Hall–Kier alpha value is -2.70. The lowest BCUT2D eigenvalue weighted by Crippen LogP contribution is -2.46. The SMILES string of the molecule is CC/C=C/C/C=C/CCCCCCCC(CC(=O)NC(CO)C(O)CCCCCCCCCCC)OC(=O)CCCCC/C=C\C/C=C\C/C=C\C/C=C\CCCCC. The number of carbonyl (C=O) groups is 2. The summed E-state index contributed by atoms with van der Waals surface area (Å²) in [5.41, 5.74) is 0. The summed E-state index contributed by atoms with van der Waals surface area (Å²) in [6.07, 6.45) is 58.2. The predicted octanol–water partition coefficient (Wildman–Crippen LogP) is 14.6. The number of unbranched alkanes of at least 4 members (excludes halogenated alkanes) is 19. The molecular weight excluding hydrogens is 731 g/mol. The number of aliphatic hydroxyl groups is 2. The number of allylic oxidation sites excluding steroid dienone is 12. The molecule has 3 N–H and O–H groups in total. The minimum Gasteiger partial charge on any atom is -0.462 e. The molecule has 6 heteroatoms. The van der Waals surface area contributed by atoms with Gasteiger partial charge in [0.05, 0.1) is 25.2 Å². The molecular formula is C53H93NO5. The van der Waals surface area contributed by atoms with E-state index in [1.165, 1.54) is 70.6 Å². The van der Waals surface area contributed by atoms with Crippen molar-refractivity contribution < 1.29 is 24.5 Å². The highest BCUT2D eigenvalue weighted by Crippen LogP contribution is 2.17. The third-order valence-electron chi connectivity index (χ3n) is 10.8. The van der Waals surface area contributed by atoms with E-state index in [0.29, 0.717) is 19.3 Å². The zero-order chi connectivity index (χ0) is 43.1. The number of esters is 1. The Morgan fingerprint density at radius 1 is 0.508 bits per heavy atom. The Bertz CT molecular complexity index is 1110. The molecule has 0 aromatic heterocycles. The van der Waals surface area contributed by atoms with Gasteiger partial charge in [0.2, 0.25) is 5.91 Å². The van der Waals surface area contributed by atoms with Crippen LogP contribution in [0.5, 0.6) is 0 Å². The average Bonchev–Trinajstić information content (AvgIpc) is 3.23. The van der Waals surface area contributed by atoms with Crippen molar-refractivity contribution in [3.05, 3.63) is 72.9 Å². The van der Waals surface area contributed by atoms with E-state index in [-0.39, 0.29) is 24.9 Å². The molecule has 0 saturated carbocycles. The number of hydrogen-bond acceptors (Lipinski definition) is 5. The third kappa shape index (κ3) is 41.8. The summed E-state index contributed by atoms with van der Waals surface area (Å²) in [4.78, 5) is 26.0. The Kier molecular flexibility index (Phi) is 44.2. The lowest BCUT2D eigenvalue weighted by Gasteiger charge is -2.24. The Labute approximate surface area is 364 Å². The van der Waals surface area contributed by atoms with E-state index in [4.69, 9.17) is 4.74 Å². The van der Waals surface area contributed by atoms with Gasteiger partial charge in [-0.1, -0.05) is 190 Å². The maximum Gasteiger partial charge on any atom is 0.306 e. The molecule has 0 aromatic rings.